The van der Waals surface area contributed by atoms with Crippen molar-refractivity contribution in [3.8, 4) is 5.88 Å². The van der Waals surface area contributed by atoms with E-state index in [2.05, 4.69) is 136 Å². The van der Waals surface area contributed by atoms with Gasteiger partial charge in [0, 0.05) is 55.2 Å². The van der Waals surface area contributed by atoms with Gasteiger partial charge in [-0.25, -0.2) is 0 Å². The van der Waals surface area contributed by atoms with Crippen molar-refractivity contribution in [2.24, 2.45) is 7.05 Å². The van der Waals surface area contributed by atoms with Crippen molar-refractivity contribution in [1.29, 1.82) is 0 Å². The molecule has 0 fully saturated rings. The van der Waals surface area contributed by atoms with Crippen molar-refractivity contribution in [3.05, 3.63) is 155 Å². The Morgan fingerprint density at radius 2 is 0.933 bits per heavy atom. The number of nitrogens with zero attached hydrogens (tertiary/aromatic N) is 2. The van der Waals surface area contributed by atoms with Crippen molar-refractivity contribution >= 4 is 110 Å². The van der Waals surface area contributed by atoms with E-state index >= 15 is 0 Å². The van der Waals surface area contributed by atoms with Crippen LogP contribution in [0.15, 0.2) is 66.8 Å². The molecule has 7 rings (SSSR count). The number of aromatic hydroxyl groups is 1. The van der Waals surface area contributed by atoms with Gasteiger partial charge in [0.25, 0.3) is 27.8 Å². The van der Waals surface area contributed by atoms with Crippen molar-refractivity contribution in [2.45, 2.75) is 20.8 Å². The molecule has 31 heteroatoms. The summed E-state index contributed by atoms with van der Waals surface area (Å²) in [6.07, 6.45) is 5.19. The zero-order valence-corrected chi connectivity index (χ0v) is 38.4. The third-order valence-electron chi connectivity index (χ3n) is 5.61. The van der Waals surface area contributed by atoms with Crippen LogP contribution in [0.2, 0.25) is 0 Å². The molecule has 0 aliphatic rings. The smallest absolute Gasteiger partial charge is 0.273 e. The number of H-pyrrole nitrogens is 14. The molecule has 60 heavy (non-hydrogen) atoms. The molecule has 0 atom stereocenters. The zero-order valence-electron chi connectivity index (χ0n) is 31.1. The van der Waals surface area contributed by atoms with Crippen LogP contribution in [0.5, 0.6) is 5.88 Å². The van der Waals surface area contributed by atoms with Gasteiger partial charge in [0.1, 0.15) is 5.69 Å². The average molecular weight is 991 g/mol. The molecule has 0 unspecified atom stereocenters. The van der Waals surface area contributed by atoms with E-state index < -0.39 is 5.56 Å². The minimum Gasteiger partial charge on any atom is -0.494 e. The maximum absolute atomic E-state index is 10.6. The largest absolute Gasteiger partial charge is 0.494 e. The van der Waals surface area contributed by atoms with E-state index in [1.54, 1.807) is 20.8 Å². The first kappa shape index (κ1) is 52.3. The normalized spacial score (nSPS) is 9.33. The fourth-order valence-electron chi connectivity index (χ4n) is 3.22. The number of aryl methyl sites for hydroxylation is 4. The highest BCUT2D eigenvalue weighted by atomic mass is 32.1. The molecule has 0 amide bonds. The third kappa shape index (κ3) is 24.3. The standard InChI is InChI=1S/2C5H6N2OS.C4H5N3OS.C4H4N2O2S.C4H4N2OS.C4H6N2S.C3H3N3S3/c2*1-3-2-4(8)7-5(9)6-3;1-2-3(8)5-4(9)7-6-2;7-2-1-3(8)6-4(9)5-2;7-3-1-2-5-4(8)6-3;1-6-3-2-5-4(6)7;7-1-4-2(8)6-3(9)5-1/h2*2H,1H3,(H2,6,7,8,9);1H3,(H2,5,7,8,9);1H,(H3,5,6,7,8,9);1-2H,(H2,5,6,7,8);2-3H,1H3,(H,5,7);(H3,4,5,6,7,8,9). The number of aromatic amines is 14. The summed E-state index contributed by atoms with van der Waals surface area (Å²) >= 11 is 42.0. The summed E-state index contributed by atoms with van der Waals surface area (Å²) < 4.78 is 5.44. The summed E-state index contributed by atoms with van der Waals surface area (Å²) in [5, 5.41) is 14.7. The fourth-order valence-corrected chi connectivity index (χ4v) is 5.19. The van der Waals surface area contributed by atoms with Crippen LogP contribution in [0.4, 0.5) is 0 Å². The summed E-state index contributed by atoms with van der Waals surface area (Å²) in [4.78, 5) is 85.7. The van der Waals surface area contributed by atoms with Crippen molar-refractivity contribution in [2.75, 3.05) is 0 Å². The molecular weight excluding hydrogens is 957 g/mol. The van der Waals surface area contributed by atoms with Gasteiger partial charge in [0.05, 0.1) is 6.07 Å². The van der Waals surface area contributed by atoms with E-state index in [-0.39, 0.29) is 37.7 Å². The molecule has 7 heterocycles. The molecule has 0 bridgehead atoms. The van der Waals surface area contributed by atoms with Crippen LogP contribution in [0.25, 0.3) is 0 Å². The Balaban J connectivity index is 0.000000350. The molecule has 0 radical (unpaired) electrons. The molecule has 15 N–H and O–H groups in total. The van der Waals surface area contributed by atoms with E-state index in [1.165, 1.54) is 24.4 Å². The first-order valence-corrected chi connectivity index (χ1v) is 19.4. The van der Waals surface area contributed by atoms with Crippen LogP contribution in [-0.2, 0) is 7.05 Å². The lowest BCUT2D eigenvalue weighted by Crippen LogP contribution is -2.12. The quantitative estimate of drug-likeness (QED) is 0.0876. The molecule has 0 aromatic carbocycles. The predicted molar refractivity (Wildman–Crippen MR) is 248 cm³/mol. The second-order valence-electron chi connectivity index (χ2n) is 10.6. The Morgan fingerprint density at radius 3 is 1.22 bits per heavy atom. The SMILES string of the molecule is Cc1cc(=O)[nH]c(=S)[nH]1.Cc1cc(=O)[nH]c(=S)[nH]1.Cc1n[nH]c(=S)[nH]c1=O.Cn1cc[nH]c1=S.O=c1cc(O)[nH]c(=S)[nH]1.O=c1cc[nH]c(=S)[nH]1.S=c1[nH]c(=S)[nH]c(=S)[nH]1. The average Bonchev–Trinajstić information content (AvgIpc) is 3.47. The Kier molecular flexibility index (Phi) is 23.7. The Hall–Kier alpha value is -5.67. The molecule has 320 valence electrons. The van der Waals surface area contributed by atoms with Crippen LogP contribution < -0.4 is 27.8 Å². The van der Waals surface area contributed by atoms with E-state index in [4.69, 9.17) is 54.0 Å². The van der Waals surface area contributed by atoms with E-state index in [0.717, 1.165) is 22.2 Å². The van der Waals surface area contributed by atoms with Crippen LogP contribution >= 0.6 is 110 Å². The van der Waals surface area contributed by atoms with Gasteiger partial charge in [0.15, 0.2) is 48.8 Å². The van der Waals surface area contributed by atoms with E-state index in [0.29, 0.717) is 34.3 Å². The summed E-state index contributed by atoms with van der Waals surface area (Å²) in [6.45, 7) is 5.17. The molecule has 0 aliphatic carbocycles. The molecule has 0 saturated carbocycles. The summed E-state index contributed by atoms with van der Waals surface area (Å²) in [6, 6.07) is 5.29. The lowest BCUT2D eigenvalue weighted by atomic mass is 10.5. The third-order valence-corrected chi connectivity index (χ3v) is 7.65. The molecule has 7 aromatic rings. The molecule has 7 aromatic heterocycles. The number of hydrogen-bond donors (Lipinski definition) is 15. The van der Waals surface area contributed by atoms with Gasteiger partial charge >= 0.3 is 0 Å². The topological polar surface area (TPSA) is 344 Å². The lowest BCUT2D eigenvalue weighted by molar-refractivity contribution is 0.450. The van der Waals surface area contributed by atoms with Gasteiger partial charge in [-0.3, -0.25) is 54.0 Å². The van der Waals surface area contributed by atoms with Gasteiger partial charge in [-0.2, -0.15) is 5.10 Å². The van der Waals surface area contributed by atoms with Gasteiger partial charge in [-0.15, -0.1) is 0 Å². The highest BCUT2D eigenvalue weighted by Crippen LogP contribution is 1.92. The highest BCUT2D eigenvalue weighted by Gasteiger charge is 1.89. The van der Waals surface area contributed by atoms with Crippen LogP contribution in [0, 0.1) is 63.7 Å². The number of aromatic nitrogens is 16. The Morgan fingerprint density at radius 1 is 0.500 bits per heavy atom. The number of nitrogens with one attached hydrogen (secondary N) is 14. The van der Waals surface area contributed by atoms with Crippen LogP contribution in [0.3, 0.4) is 0 Å². The molecule has 0 spiro atoms. The summed E-state index contributed by atoms with van der Waals surface area (Å²) in [5.74, 6) is -0.219. The van der Waals surface area contributed by atoms with Crippen molar-refractivity contribution < 1.29 is 5.11 Å². The van der Waals surface area contributed by atoms with Crippen molar-refractivity contribution in [3.63, 3.8) is 0 Å². The minimum atomic E-state index is -0.406. The van der Waals surface area contributed by atoms with Crippen LogP contribution in [-0.4, -0.2) is 84.7 Å². The second-order valence-corrected chi connectivity index (χ2v) is 14.3. The summed E-state index contributed by atoms with van der Waals surface area (Å²) in [5.41, 5.74) is 0.826. The maximum Gasteiger partial charge on any atom is 0.273 e. The maximum atomic E-state index is 10.6. The van der Waals surface area contributed by atoms with Gasteiger partial charge < -0.3 is 49.5 Å². The number of imidazole rings is 1. The summed E-state index contributed by atoms with van der Waals surface area (Å²) in [7, 11) is 1.90. The lowest BCUT2D eigenvalue weighted by Gasteiger charge is -1.87. The van der Waals surface area contributed by atoms with Gasteiger partial charge in [-0.05, 0) is 131 Å². The minimum absolute atomic E-state index is 0.125. The number of hydrogen-bond acceptors (Lipinski definition) is 16. The number of rotatable bonds is 0. The Labute approximate surface area is 380 Å². The first-order chi connectivity index (χ1) is 28.0. The van der Waals surface area contributed by atoms with E-state index in [9.17, 15) is 24.0 Å². The van der Waals surface area contributed by atoms with Gasteiger partial charge in [0.2, 0.25) is 0 Å². The highest BCUT2D eigenvalue weighted by molar-refractivity contribution is 7.72. The molecule has 0 saturated heterocycles. The van der Waals surface area contributed by atoms with Gasteiger partial charge in [-0.1, -0.05) is 0 Å². The fraction of sp³-hybridized carbons (Fsp3) is 0.138. The van der Waals surface area contributed by atoms with Crippen molar-refractivity contribution in [1.82, 2.24) is 79.6 Å². The Bertz CT molecular complexity index is 2970. The predicted octanol–water partition coefficient (Wildman–Crippen LogP) is 5.13. The second kappa shape index (κ2) is 27.2. The first-order valence-electron chi connectivity index (χ1n) is 15.7. The molecule has 0 aliphatic heterocycles. The molecule has 22 nitrogen and oxygen atoms in total. The zero-order chi connectivity index (χ0) is 45.5. The van der Waals surface area contributed by atoms with Crippen LogP contribution in [0.1, 0.15) is 17.1 Å². The molecular formula is C29H34N16O6S9. The van der Waals surface area contributed by atoms with E-state index in [1.807, 2.05) is 24.0 Å². The monoisotopic (exact) mass is 990 g/mol.